The topological polar surface area (TPSA) is 70.2 Å². The van der Waals surface area contributed by atoms with Crippen molar-refractivity contribution in [3.8, 4) is 0 Å². The van der Waals surface area contributed by atoms with Gasteiger partial charge < -0.3 is 10.6 Å². The van der Waals surface area contributed by atoms with Gasteiger partial charge in [0.25, 0.3) is 0 Å². The van der Waals surface area contributed by atoms with E-state index in [-0.39, 0.29) is 42.0 Å². The summed E-state index contributed by atoms with van der Waals surface area (Å²) in [7, 11) is 0. The van der Waals surface area contributed by atoms with Gasteiger partial charge in [-0.25, -0.2) is 4.39 Å². The molecule has 1 heterocycles. The highest BCUT2D eigenvalue weighted by Gasteiger charge is 2.27. The Morgan fingerprint density at radius 3 is 2.71 bits per heavy atom. The van der Waals surface area contributed by atoms with Crippen LogP contribution in [0.5, 0.6) is 0 Å². The van der Waals surface area contributed by atoms with Gasteiger partial charge in [0.2, 0.25) is 11.8 Å². The molecular weight excluding hydrogens is 397 g/mol. The molecule has 3 N–H and O–H groups in total. The Morgan fingerprint density at radius 2 is 1.96 bits per heavy atom. The standard InChI is InChI=1S/C20H22FN3O2S2/c1-27-17-5-3-2-4-16(17)23-18(25)10-15-11-19(26)24-20(22-15)28-12-13-6-8-14(21)9-7-13/h2-9,15,20,22H,10-12H2,1H3,(H,23,25)(H,24,26). The Balaban J connectivity index is 1.52. The summed E-state index contributed by atoms with van der Waals surface area (Å²) in [6, 6.07) is 13.7. The number of anilines is 1. The number of carbonyl (C=O) groups excluding carboxylic acids is 2. The summed E-state index contributed by atoms with van der Waals surface area (Å²) < 4.78 is 13.0. The molecule has 0 radical (unpaired) electrons. The van der Waals surface area contributed by atoms with Crippen LogP contribution in [-0.4, -0.2) is 29.6 Å². The van der Waals surface area contributed by atoms with E-state index in [9.17, 15) is 14.0 Å². The lowest BCUT2D eigenvalue weighted by molar-refractivity contribution is -0.124. The average molecular weight is 420 g/mol. The molecule has 0 aliphatic carbocycles. The average Bonchev–Trinajstić information content (AvgIpc) is 2.67. The van der Waals surface area contributed by atoms with Crippen LogP contribution in [-0.2, 0) is 15.3 Å². The lowest BCUT2D eigenvalue weighted by Crippen LogP contribution is -2.55. The number of amides is 2. The van der Waals surface area contributed by atoms with Crippen LogP contribution in [0.15, 0.2) is 53.4 Å². The first kappa shape index (κ1) is 20.7. The van der Waals surface area contributed by atoms with Crippen molar-refractivity contribution < 1.29 is 14.0 Å². The van der Waals surface area contributed by atoms with Crippen LogP contribution in [0.2, 0.25) is 0 Å². The Labute approximate surface area is 172 Å². The second-order valence-corrected chi connectivity index (χ2v) is 8.35. The van der Waals surface area contributed by atoms with Gasteiger partial charge in [0, 0.05) is 29.5 Å². The largest absolute Gasteiger partial charge is 0.332 e. The molecule has 8 heteroatoms. The van der Waals surface area contributed by atoms with Crippen molar-refractivity contribution in [3.63, 3.8) is 0 Å². The maximum Gasteiger partial charge on any atom is 0.225 e. The third-order valence-corrected chi connectivity index (χ3v) is 6.14. The fourth-order valence-corrected chi connectivity index (χ4v) is 4.51. The number of halogens is 1. The second-order valence-electron chi connectivity index (χ2n) is 6.41. The fraction of sp³-hybridized carbons (Fsp3) is 0.300. The van der Waals surface area contributed by atoms with Crippen LogP contribution in [0.25, 0.3) is 0 Å². The molecule has 2 atom stereocenters. The van der Waals surface area contributed by atoms with Gasteiger partial charge in [0.1, 0.15) is 11.3 Å². The van der Waals surface area contributed by atoms with E-state index in [0.717, 1.165) is 16.1 Å². The summed E-state index contributed by atoms with van der Waals surface area (Å²) in [6.07, 6.45) is 2.43. The van der Waals surface area contributed by atoms with Crippen LogP contribution in [0.1, 0.15) is 18.4 Å². The Kier molecular flexibility index (Phi) is 7.36. The Morgan fingerprint density at radius 1 is 1.21 bits per heavy atom. The van der Waals surface area contributed by atoms with E-state index in [1.54, 1.807) is 23.9 Å². The normalized spacial score (nSPS) is 19.1. The lowest BCUT2D eigenvalue weighted by Gasteiger charge is -2.31. The number of thioether (sulfide) groups is 2. The van der Waals surface area contributed by atoms with Crippen LogP contribution in [0, 0.1) is 5.82 Å². The van der Waals surface area contributed by atoms with E-state index in [0.29, 0.717) is 5.75 Å². The van der Waals surface area contributed by atoms with E-state index in [1.165, 1.54) is 23.9 Å². The van der Waals surface area contributed by atoms with E-state index in [2.05, 4.69) is 16.0 Å². The highest BCUT2D eigenvalue weighted by molar-refractivity contribution is 7.99. The molecule has 0 saturated carbocycles. The number of nitrogens with one attached hydrogen (secondary N) is 3. The van der Waals surface area contributed by atoms with Gasteiger partial charge in [0.05, 0.1) is 5.69 Å². The number of para-hydroxylation sites is 1. The van der Waals surface area contributed by atoms with Crippen LogP contribution in [0.3, 0.4) is 0 Å². The monoisotopic (exact) mass is 419 g/mol. The summed E-state index contributed by atoms with van der Waals surface area (Å²) in [5.74, 6) is 0.138. The molecule has 2 aromatic rings. The molecule has 0 spiro atoms. The number of hydrogen-bond donors (Lipinski definition) is 3. The van der Waals surface area contributed by atoms with E-state index in [4.69, 9.17) is 0 Å². The van der Waals surface area contributed by atoms with Crippen molar-refractivity contribution in [2.24, 2.45) is 0 Å². The quantitative estimate of drug-likeness (QED) is 0.599. The fourth-order valence-electron chi connectivity index (χ4n) is 2.90. The van der Waals surface area contributed by atoms with Crippen molar-refractivity contribution in [2.75, 3.05) is 11.6 Å². The molecule has 1 saturated heterocycles. The molecular formula is C20H22FN3O2S2. The molecule has 148 valence electrons. The predicted octanol–water partition coefficient (Wildman–Crippen LogP) is 3.57. The summed E-state index contributed by atoms with van der Waals surface area (Å²) in [5.41, 5.74) is 1.46. The second kappa shape index (κ2) is 9.95. The van der Waals surface area contributed by atoms with Gasteiger partial charge in [-0.3, -0.25) is 14.9 Å². The first-order chi connectivity index (χ1) is 13.5. The number of carbonyl (C=O) groups is 2. The molecule has 1 aliphatic heterocycles. The molecule has 5 nitrogen and oxygen atoms in total. The van der Waals surface area contributed by atoms with Gasteiger partial charge in [-0.2, -0.15) is 0 Å². The summed E-state index contributed by atoms with van der Waals surface area (Å²) >= 11 is 3.07. The third kappa shape index (κ3) is 5.98. The van der Waals surface area contributed by atoms with E-state index < -0.39 is 0 Å². The first-order valence-electron chi connectivity index (χ1n) is 8.88. The molecule has 1 fully saturated rings. The number of hydrogen-bond acceptors (Lipinski definition) is 5. The van der Waals surface area contributed by atoms with Gasteiger partial charge >= 0.3 is 0 Å². The Hall–Kier alpha value is -2.03. The maximum atomic E-state index is 13.0. The van der Waals surface area contributed by atoms with Crippen LogP contribution >= 0.6 is 23.5 Å². The highest BCUT2D eigenvalue weighted by atomic mass is 32.2. The predicted molar refractivity (Wildman–Crippen MR) is 113 cm³/mol. The minimum Gasteiger partial charge on any atom is -0.332 e. The molecule has 0 bridgehead atoms. The van der Waals surface area contributed by atoms with Gasteiger partial charge in [-0.1, -0.05) is 24.3 Å². The zero-order valence-corrected chi connectivity index (χ0v) is 17.0. The molecule has 3 rings (SSSR count). The van der Waals surface area contributed by atoms with E-state index >= 15 is 0 Å². The van der Waals surface area contributed by atoms with Gasteiger partial charge in [-0.05, 0) is 36.1 Å². The van der Waals surface area contributed by atoms with Crippen LogP contribution < -0.4 is 16.0 Å². The van der Waals surface area contributed by atoms with Crippen LogP contribution in [0.4, 0.5) is 10.1 Å². The number of benzene rings is 2. The van der Waals surface area contributed by atoms with Crippen molar-refractivity contribution in [1.29, 1.82) is 0 Å². The molecule has 0 aromatic heterocycles. The minimum absolute atomic E-state index is 0.0855. The molecule has 2 unspecified atom stereocenters. The smallest absolute Gasteiger partial charge is 0.225 e. The van der Waals surface area contributed by atoms with Crippen molar-refractivity contribution in [3.05, 3.63) is 59.9 Å². The minimum atomic E-state index is -0.289. The summed E-state index contributed by atoms with van der Waals surface area (Å²) in [5, 5.41) is 9.10. The molecule has 2 aromatic carbocycles. The lowest BCUT2D eigenvalue weighted by atomic mass is 10.1. The maximum absolute atomic E-state index is 13.0. The van der Waals surface area contributed by atoms with Gasteiger partial charge in [0.15, 0.2) is 0 Å². The third-order valence-electron chi connectivity index (χ3n) is 4.25. The zero-order valence-electron chi connectivity index (χ0n) is 15.4. The SMILES string of the molecule is CSc1ccccc1NC(=O)CC1CC(=O)NC(SCc2ccc(F)cc2)N1. The van der Waals surface area contributed by atoms with Crippen molar-refractivity contribution in [1.82, 2.24) is 10.6 Å². The molecule has 2 amide bonds. The summed E-state index contributed by atoms with van der Waals surface area (Å²) in [6.45, 7) is 0. The van der Waals surface area contributed by atoms with Crippen molar-refractivity contribution >= 4 is 41.0 Å². The molecule has 28 heavy (non-hydrogen) atoms. The van der Waals surface area contributed by atoms with Gasteiger partial charge in [-0.15, -0.1) is 23.5 Å². The molecule has 1 aliphatic rings. The number of rotatable bonds is 7. The highest BCUT2D eigenvalue weighted by Crippen LogP contribution is 2.25. The van der Waals surface area contributed by atoms with E-state index in [1.807, 2.05) is 30.5 Å². The van der Waals surface area contributed by atoms with Crippen molar-refractivity contribution in [2.45, 2.75) is 35.0 Å². The zero-order chi connectivity index (χ0) is 19.9. The first-order valence-corrected chi connectivity index (χ1v) is 11.1. The Bertz CT molecular complexity index is 832. The summed E-state index contributed by atoms with van der Waals surface area (Å²) in [4.78, 5) is 25.5.